The molecule has 1 saturated heterocycles. The number of rotatable bonds is 26. The number of carboxylic acids is 1. The molecular formula is C74H102N20O19S2. The number of aliphatic hydroxyl groups excluding tert-OH is 3. The minimum atomic E-state index is -1.99. The SMILES string of the molecule is C[C@H](N)C(=O)NCC(=O)N[C@H]1CSSC[C@@H](C(=O)O)NC(=O)[C@H](CO)NC(=O)[C@@H]([C@H](C)O)NC(=O)[C@H](Cc2ccccc2)NC(=O)[C@@H]([C@H](C)O)NC(=O)[C@@H](CCCCN)NC(=O)[C@H](Cc2c[nH]c3ccccc23)NC(=O)[C@@H](Cc2cnccn2)NC(=O)[C@H](Cc2ccccc2)NC(=O)[C@@H](CC(N)=O)NC(=O)[C@H](CCCCN)NC1=O. The number of nitrogens with zero attached hydrogens (tertiary/aromatic N) is 2. The van der Waals surface area contributed by atoms with Crippen LogP contribution in [-0.4, -0.2) is 253 Å². The Morgan fingerprint density at radius 3 is 1.47 bits per heavy atom. The zero-order valence-electron chi connectivity index (χ0n) is 63.5. The third-order valence-corrected chi connectivity index (χ3v) is 20.4. The second-order valence-electron chi connectivity index (χ2n) is 27.3. The van der Waals surface area contributed by atoms with Crippen molar-refractivity contribution >= 4 is 121 Å². The average Bonchev–Trinajstić information content (AvgIpc) is 1.71. The number of amides is 14. The van der Waals surface area contributed by atoms with Crippen molar-refractivity contribution in [3.8, 4) is 0 Å². The van der Waals surface area contributed by atoms with E-state index in [1.807, 2.05) is 0 Å². The first-order chi connectivity index (χ1) is 54.9. The molecule has 1 aliphatic rings. The van der Waals surface area contributed by atoms with Gasteiger partial charge in [0.2, 0.25) is 82.7 Å². The summed E-state index contributed by atoms with van der Waals surface area (Å²) in [5.41, 5.74) is 25.2. The number of carbonyl (C=O) groups excluding carboxylic acids is 14. The highest BCUT2D eigenvalue weighted by molar-refractivity contribution is 8.76. The van der Waals surface area contributed by atoms with E-state index in [2.05, 4.69) is 84.1 Å². The smallest absolute Gasteiger partial charge is 0.327 e. The van der Waals surface area contributed by atoms with Crippen LogP contribution in [0.3, 0.4) is 0 Å². The Labute approximate surface area is 669 Å². The lowest BCUT2D eigenvalue weighted by Gasteiger charge is -2.29. The number of hydrogen-bond acceptors (Lipinski definition) is 25. The Kier molecular flexibility index (Phi) is 38.2. The standard InChI is InChI=1S/C74H102N20O19S2/c1-39(77)62(100)82-35-59(99)83-56-37-114-115-38-57(74(112)113)92-70(108)55(36-95)91-73(111)61(41(3)97)94-69(107)51(29-43-18-8-5-9-19-43)90-72(110)60(40(2)96)93-64(102)49(23-13-15-25-76)84-66(104)52(30-44-33-81-47-21-11-10-20-46(44)47)87-67(105)53(31-45-34-79-26-27-80-45)88-65(103)50(28-42-16-6-4-7-17-42)86-68(106)54(32-58(78)98)89-63(101)48(85-71(56)109)22-12-14-24-75/h4-11,16-21,26-27,33-34,39-41,48-57,60-61,81,95-97H,12-15,22-25,28-32,35-38,75-77H2,1-3H3,(H2,78,98)(H,82,100)(H,83,99)(H,84,104)(H,85,109)(H,86,106)(H,87,105)(H,88,103)(H,89,101)(H,90,110)(H,91,111)(H,92,108)(H,93,102)(H,94,107)(H,112,113)/t39-,40-,41-,48-,49+,50-,51-,52-,53+,54+,55-,56-,57-,60+,61+/m0/s1. The zero-order valence-corrected chi connectivity index (χ0v) is 65.1. The van der Waals surface area contributed by atoms with E-state index in [4.69, 9.17) is 22.9 Å². The van der Waals surface area contributed by atoms with Crippen LogP contribution in [0, 0.1) is 0 Å². The summed E-state index contributed by atoms with van der Waals surface area (Å²) in [5, 5.41) is 75.8. The third kappa shape index (κ3) is 30.6. The Bertz CT molecular complexity index is 4130. The van der Waals surface area contributed by atoms with Gasteiger partial charge in [-0.25, -0.2) is 4.79 Å². The fourth-order valence-corrected chi connectivity index (χ4v) is 14.1. The molecule has 2 aromatic heterocycles. The first-order valence-corrected chi connectivity index (χ1v) is 39.6. The molecule has 1 fully saturated rings. The molecule has 1 aliphatic heterocycles. The van der Waals surface area contributed by atoms with Gasteiger partial charge in [-0.3, -0.25) is 77.1 Å². The lowest BCUT2D eigenvalue weighted by atomic mass is 10.0. The van der Waals surface area contributed by atoms with E-state index < -0.39 is 217 Å². The summed E-state index contributed by atoms with van der Waals surface area (Å²) in [5.74, 6) is -18.0. The first-order valence-electron chi connectivity index (χ1n) is 37.1. The number of unbranched alkanes of at least 4 members (excludes halogenated alkanes) is 2. The van der Waals surface area contributed by atoms with Crippen LogP contribution in [0.15, 0.2) is 110 Å². The van der Waals surface area contributed by atoms with E-state index in [0.29, 0.717) is 34.0 Å². The summed E-state index contributed by atoms with van der Waals surface area (Å²) < 4.78 is 0. The van der Waals surface area contributed by atoms with E-state index in [0.717, 1.165) is 35.4 Å². The summed E-state index contributed by atoms with van der Waals surface area (Å²) >= 11 is 0. The molecule has 5 aromatic rings. The number of aliphatic hydroxyl groups is 3. The van der Waals surface area contributed by atoms with Crippen molar-refractivity contribution in [2.24, 2.45) is 22.9 Å². The molecule has 14 amide bonds. The van der Waals surface area contributed by atoms with E-state index in [-0.39, 0.29) is 70.2 Å². The number of benzene rings is 3. The molecule has 0 unspecified atom stereocenters. The second kappa shape index (κ2) is 47.5. The number of carbonyl (C=O) groups is 15. The molecule has 39 nitrogen and oxygen atoms in total. The molecule has 41 heteroatoms. The molecule has 0 radical (unpaired) electrons. The van der Waals surface area contributed by atoms with Gasteiger partial charge in [0.05, 0.1) is 43.5 Å². The number of carboxylic acid groups (broad SMARTS) is 1. The lowest BCUT2D eigenvalue weighted by Crippen LogP contribution is -2.63. The van der Waals surface area contributed by atoms with Crippen molar-refractivity contribution in [3.05, 3.63) is 132 Å². The van der Waals surface area contributed by atoms with Crippen LogP contribution in [0.1, 0.15) is 88.1 Å². The molecule has 624 valence electrons. The Hall–Kier alpha value is -11.2. The van der Waals surface area contributed by atoms with E-state index in [9.17, 15) is 78.0 Å². The molecular weight excluding hydrogens is 1540 g/mol. The van der Waals surface area contributed by atoms with Crippen LogP contribution in [0.5, 0.6) is 0 Å². The van der Waals surface area contributed by atoms with Gasteiger partial charge in [0, 0.05) is 72.9 Å². The van der Waals surface area contributed by atoms with E-state index in [1.54, 1.807) is 91.1 Å². The average molecular weight is 1640 g/mol. The Morgan fingerprint density at radius 1 is 0.522 bits per heavy atom. The highest BCUT2D eigenvalue weighted by Crippen LogP contribution is 2.24. The first kappa shape index (κ1) is 92.7. The second-order valence-corrected chi connectivity index (χ2v) is 29.9. The van der Waals surface area contributed by atoms with Gasteiger partial charge in [0.1, 0.15) is 72.5 Å². The molecule has 26 N–H and O–H groups in total. The number of aromatic nitrogens is 3. The number of nitrogens with one attached hydrogen (secondary N) is 14. The summed E-state index contributed by atoms with van der Waals surface area (Å²) in [6.45, 7) is 1.84. The normalized spacial score (nSPS) is 23.7. The molecule has 3 aromatic carbocycles. The maximum Gasteiger partial charge on any atom is 0.327 e. The monoisotopic (exact) mass is 1640 g/mol. The minimum absolute atomic E-state index is 0.0973. The van der Waals surface area contributed by atoms with Gasteiger partial charge in [-0.1, -0.05) is 100 Å². The van der Waals surface area contributed by atoms with Gasteiger partial charge in [0.15, 0.2) is 0 Å². The zero-order chi connectivity index (χ0) is 84.3. The highest BCUT2D eigenvalue weighted by atomic mass is 33.1. The number of hydrogen-bond donors (Lipinski definition) is 22. The lowest BCUT2D eigenvalue weighted by molar-refractivity contribution is -0.142. The number of fused-ring (bicyclic) bond motifs is 1. The predicted octanol–water partition coefficient (Wildman–Crippen LogP) is -6.12. The molecule has 0 aliphatic carbocycles. The minimum Gasteiger partial charge on any atom is -0.480 e. The molecule has 0 bridgehead atoms. The molecule has 0 saturated carbocycles. The van der Waals surface area contributed by atoms with Crippen molar-refractivity contribution in [2.45, 2.75) is 182 Å². The largest absolute Gasteiger partial charge is 0.480 e. The van der Waals surface area contributed by atoms with Gasteiger partial charge in [-0.05, 0) is 95.1 Å². The summed E-state index contributed by atoms with van der Waals surface area (Å²) in [7, 11) is 1.48. The van der Waals surface area contributed by atoms with Gasteiger partial charge in [-0.2, -0.15) is 0 Å². The summed E-state index contributed by atoms with van der Waals surface area (Å²) in [4.78, 5) is 225. The topological polar surface area (TPSA) is 639 Å². The van der Waals surface area contributed by atoms with Crippen LogP contribution in [0.4, 0.5) is 0 Å². The summed E-state index contributed by atoms with van der Waals surface area (Å²) in [6, 6.07) is 0.800. The van der Waals surface area contributed by atoms with Gasteiger partial charge in [0.25, 0.3) is 0 Å². The maximum atomic E-state index is 15.3. The van der Waals surface area contributed by atoms with Crippen LogP contribution in [-0.2, 0) is 97.6 Å². The van der Waals surface area contributed by atoms with E-state index >= 15 is 14.4 Å². The van der Waals surface area contributed by atoms with Crippen molar-refractivity contribution in [2.75, 3.05) is 37.7 Å². The fourth-order valence-electron chi connectivity index (χ4n) is 11.7. The molecule has 6 rings (SSSR count). The highest BCUT2D eigenvalue weighted by Gasteiger charge is 2.40. The molecule has 3 heterocycles. The maximum absolute atomic E-state index is 15.3. The van der Waals surface area contributed by atoms with Crippen molar-refractivity contribution in [3.63, 3.8) is 0 Å². The van der Waals surface area contributed by atoms with Gasteiger partial charge in [-0.15, -0.1) is 0 Å². The quantitative estimate of drug-likeness (QED) is 0.0181. The molecule has 0 spiro atoms. The Morgan fingerprint density at radius 2 is 0.965 bits per heavy atom. The van der Waals surface area contributed by atoms with Crippen LogP contribution in [0.25, 0.3) is 10.9 Å². The number of para-hydroxylation sites is 1. The number of H-pyrrole nitrogens is 1. The number of nitrogens with two attached hydrogens (primary N) is 4. The molecule has 15 atom stereocenters. The van der Waals surface area contributed by atoms with Crippen LogP contribution < -0.4 is 92.1 Å². The number of primary amides is 1. The Balaban J connectivity index is 1.47. The number of aromatic amines is 1. The third-order valence-electron chi connectivity index (χ3n) is 18.0. The molecule has 115 heavy (non-hydrogen) atoms. The van der Waals surface area contributed by atoms with Crippen molar-refractivity contribution < 1.29 is 92.3 Å². The van der Waals surface area contributed by atoms with Gasteiger partial charge < -0.3 is 117 Å². The van der Waals surface area contributed by atoms with Crippen molar-refractivity contribution in [1.29, 1.82) is 0 Å². The number of aliphatic carboxylic acids is 1. The van der Waals surface area contributed by atoms with Crippen LogP contribution in [0.2, 0.25) is 0 Å². The van der Waals surface area contributed by atoms with E-state index in [1.165, 1.54) is 25.5 Å². The predicted molar refractivity (Wildman–Crippen MR) is 420 cm³/mol. The van der Waals surface area contributed by atoms with Crippen molar-refractivity contribution in [1.82, 2.24) is 84.1 Å². The fraction of sp³-hybridized carbons (Fsp3) is 0.473. The van der Waals surface area contributed by atoms with Gasteiger partial charge >= 0.3 is 5.97 Å². The van der Waals surface area contributed by atoms with Crippen LogP contribution >= 0.6 is 21.6 Å². The summed E-state index contributed by atoms with van der Waals surface area (Å²) in [6.07, 6.45) is 0.120.